The van der Waals surface area contributed by atoms with Crippen molar-refractivity contribution in [2.24, 2.45) is 22.7 Å². The van der Waals surface area contributed by atoms with Gasteiger partial charge in [0.25, 0.3) is 0 Å². The van der Waals surface area contributed by atoms with E-state index in [1.54, 1.807) is 6.26 Å². The Morgan fingerprint density at radius 3 is 2.72 bits per heavy atom. The molecule has 3 heterocycles. The standard InChI is InChI=1S/C35H40BNO6/c1-33(2)24-17-28(33)34(3)29(18-24)42-36(43-34)30(16-23-20-41-27-7-5-4-6-25(23)27)37-31(38)15-21-8-9-22-19-35(10-12-40-13-11-35)32(39)26(22)14-21/h4-9,14,20,24,28-30H,10-13,15-19H2,1-3H3,(H,37,38)/t24-,28-,29+,30-,34-/m0/s1. The number of Topliss-reactive ketones (excluding diaryl/α,β-unsaturated/α-hetero) is 1. The number of rotatable bonds is 6. The second-order valence-corrected chi connectivity index (χ2v) is 14.5. The third-order valence-corrected chi connectivity index (χ3v) is 11.9. The Balaban J connectivity index is 1.03. The smallest absolute Gasteiger partial charge is 0.464 e. The van der Waals surface area contributed by atoms with Crippen molar-refractivity contribution in [3.05, 3.63) is 71.0 Å². The van der Waals surface area contributed by atoms with Gasteiger partial charge in [-0.3, -0.25) is 9.59 Å². The predicted molar refractivity (Wildman–Crippen MR) is 163 cm³/mol. The molecule has 0 radical (unpaired) electrons. The van der Waals surface area contributed by atoms with E-state index in [2.05, 4.69) is 32.2 Å². The normalized spacial score (nSPS) is 30.6. The summed E-state index contributed by atoms with van der Waals surface area (Å²) in [4.78, 5) is 27.2. The third-order valence-electron chi connectivity index (χ3n) is 11.9. The molecule has 0 unspecified atom stereocenters. The summed E-state index contributed by atoms with van der Waals surface area (Å²) in [7, 11) is -0.558. The monoisotopic (exact) mass is 581 g/mol. The van der Waals surface area contributed by atoms with E-state index < -0.39 is 13.1 Å². The molecule has 43 heavy (non-hydrogen) atoms. The van der Waals surface area contributed by atoms with Crippen molar-refractivity contribution in [1.29, 1.82) is 0 Å². The second-order valence-electron chi connectivity index (χ2n) is 14.5. The number of benzene rings is 2. The predicted octanol–water partition coefficient (Wildman–Crippen LogP) is 5.51. The summed E-state index contributed by atoms with van der Waals surface area (Å²) in [5, 5.41) is 4.32. The quantitative estimate of drug-likeness (QED) is 0.387. The summed E-state index contributed by atoms with van der Waals surface area (Å²) in [6, 6.07) is 13.9. The number of ether oxygens (including phenoxy) is 1. The van der Waals surface area contributed by atoms with E-state index in [-0.39, 0.29) is 40.6 Å². The second kappa shape index (κ2) is 9.78. The Kier molecular flexibility index (Phi) is 6.28. The first kappa shape index (κ1) is 27.6. The van der Waals surface area contributed by atoms with E-state index in [0.717, 1.165) is 58.9 Å². The highest BCUT2D eigenvalue weighted by Crippen LogP contribution is 2.65. The molecule has 5 atom stereocenters. The van der Waals surface area contributed by atoms with Crippen molar-refractivity contribution >= 4 is 29.8 Å². The maximum absolute atomic E-state index is 13.7. The minimum Gasteiger partial charge on any atom is -0.464 e. The van der Waals surface area contributed by atoms with E-state index in [1.165, 1.54) is 6.42 Å². The van der Waals surface area contributed by atoms with E-state index in [4.69, 9.17) is 18.5 Å². The summed E-state index contributed by atoms with van der Waals surface area (Å²) in [5.74, 6) is 0.788. The average molecular weight is 582 g/mol. The number of furan rings is 1. The van der Waals surface area contributed by atoms with Crippen LogP contribution in [0, 0.1) is 22.7 Å². The molecule has 2 saturated heterocycles. The molecule has 1 spiro atoms. The van der Waals surface area contributed by atoms with Crippen LogP contribution in [0.1, 0.15) is 73.5 Å². The van der Waals surface area contributed by atoms with Crippen LogP contribution in [-0.4, -0.2) is 49.7 Å². The van der Waals surface area contributed by atoms with Crippen LogP contribution >= 0.6 is 0 Å². The van der Waals surface area contributed by atoms with E-state index in [9.17, 15) is 9.59 Å². The summed E-state index contributed by atoms with van der Waals surface area (Å²) < 4.78 is 24.9. The van der Waals surface area contributed by atoms with Crippen molar-refractivity contribution in [2.45, 2.75) is 83.4 Å². The number of carbonyl (C=O) groups is 2. The molecule has 2 aromatic carbocycles. The van der Waals surface area contributed by atoms with Crippen molar-refractivity contribution < 1.29 is 28.1 Å². The fraction of sp³-hybridized carbons (Fsp3) is 0.543. The Hall–Kier alpha value is -2.94. The molecule has 224 valence electrons. The van der Waals surface area contributed by atoms with E-state index >= 15 is 0 Å². The summed E-state index contributed by atoms with van der Waals surface area (Å²) >= 11 is 0. The lowest BCUT2D eigenvalue weighted by molar-refractivity contribution is -0.199. The first-order valence-electron chi connectivity index (χ1n) is 16.0. The Bertz CT molecular complexity index is 1610. The minimum atomic E-state index is -0.558. The van der Waals surface area contributed by atoms with Gasteiger partial charge in [-0.1, -0.05) is 44.2 Å². The number of fused-ring (bicyclic) bond motifs is 2. The Labute approximate surface area is 253 Å². The number of para-hydroxylation sites is 1. The fourth-order valence-corrected chi connectivity index (χ4v) is 9.15. The molecule has 2 aliphatic heterocycles. The van der Waals surface area contributed by atoms with Crippen LogP contribution in [0.3, 0.4) is 0 Å². The Morgan fingerprint density at radius 1 is 1.09 bits per heavy atom. The van der Waals surface area contributed by atoms with E-state index in [0.29, 0.717) is 31.5 Å². The van der Waals surface area contributed by atoms with Gasteiger partial charge in [0.1, 0.15) is 5.58 Å². The Morgan fingerprint density at radius 2 is 1.91 bits per heavy atom. The van der Waals surface area contributed by atoms with Gasteiger partial charge < -0.3 is 23.8 Å². The van der Waals surface area contributed by atoms with E-state index in [1.807, 2.05) is 36.4 Å². The zero-order valence-corrected chi connectivity index (χ0v) is 25.3. The SMILES string of the molecule is CC1(C)[C@@H]2C[C@H]3OB([C@H](Cc4coc5ccccc45)NC(=O)Cc4ccc5c(c4)C(=O)C4(CCOCC4)C5)O[C@@]3(C)[C@H]1C2. The lowest BCUT2D eigenvalue weighted by atomic mass is 9.43. The van der Waals surface area contributed by atoms with Gasteiger partial charge in [0.2, 0.25) is 5.91 Å². The maximum Gasteiger partial charge on any atom is 0.482 e. The summed E-state index contributed by atoms with van der Waals surface area (Å²) in [6.07, 6.45) is 6.98. The van der Waals surface area contributed by atoms with Crippen molar-refractivity contribution in [1.82, 2.24) is 5.32 Å². The molecule has 3 aromatic rings. The van der Waals surface area contributed by atoms with Crippen LogP contribution in [0.2, 0.25) is 0 Å². The molecule has 3 saturated carbocycles. The van der Waals surface area contributed by atoms with Gasteiger partial charge in [-0.2, -0.15) is 0 Å². The highest BCUT2D eigenvalue weighted by molar-refractivity contribution is 6.48. The van der Waals surface area contributed by atoms with Crippen molar-refractivity contribution in [3.8, 4) is 0 Å². The molecule has 1 amide bonds. The van der Waals surface area contributed by atoms with Crippen molar-refractivity contribution in [2.75, 3.05) is 13.2 Å². The fourth-order valence-electron chi connectivity index (χ4n) is 9.15. The first-order chi connectivity index (χ1) is 20.7. The molecule has 1 aromatic heterocycles. The molecular weight excluding hydrogens is 541 g/mol. The van der Waals surface area contributed by atoms with Gasteiger partial charge >= 0.3 is 7.12 Å². The highest BCUT2D eigenvalue weighted by atomic mass is 16.7. The van der Waals surface area contributed by atoms with Gasteiger partial charge in [-0.05, 0) is 91.5 Å². The summed E-state index contributed by atoms with van der Waals surface area (Å²) in [6.45, 7) is 8.18. The molecule has 5 fully saturated rings. The van der Waals surface area contributed by atoms with Crippen molar-refractivity contribution in [3.63, 3.8) is 0 Å². The topological polar surface area (TPSA) is 87.0 Å². The van der Waals surface area contributed by atoms with Crippen LogP contribution in [0.15, 0.2) is 53.1 Å². The molecule has 8 heteroatoms. The van der Waals surface area contributed by atoms with Crippen LogP contribution in [0.25, 0.3) is 11.0 Å². The molecule has 2 bridgehead atoms. The molecule has 4 aliphatic carbocycles. The number of ketones is 1. The zero-order valence-electron chi connectivity index (χ0n) is 25.3. The largest absolute Gasteiger partial charge is 0.482 e. The number of hydrogen-bond donors (Lipinski definition) is 1. The average Bonchev–Trinajstić information content (AvgIpc) is 3.65. The first-order valence-corrected chi connectivity index (χ1v) is 16.0. The van der Waals surface area contributed by atoms with Gasteiger partial charge in [0.15, 0.2) is 5.78 Å². The third kappa shape index (κ3) is 4.27. The van der Waals surface area contributed by atoms with Crippen LogP contribution in [0.4, 0.5) is 0 Å². The molecule has 9 rings (SSSR count). The van der Waals surface area contributed by atoms with Crippen LogP contribution < -0.4 is 5.32 Å². The maximum atomic E-state index is 13.7. The number of amides is 1. The minimum absolute atomic E-state index is 0.0232. The highest BCUT2D eigenvalue weighted by Gasteiger charge is 2.68. The van der Waals surface area contributed by atoms with Crippen LogP contribution in [-0.2, 0) is 38.1 Å². The molecule has 7 nitrogen and oxygen atoms in total. The van der Waals surface area contributed by atoms with Gasteiger partial charge in [0.05, 0.1) is 30.3 Å². The number of hydrogen-bond acceptors (Lipinski definition) is 6. The summed E-state index contributed by atoms with van der Waals surface area (Å²) in [5.41, 5.74) is 4.08. The lowest BCUT2D eigenvalue weighted by Gasteiger charge is -2.64. The zero-order chi connectivity index (χ0) is 29.6. The number of carbonyl (C=O) groups excluding carboxylic acids is 2. The van der Waals surface area contributed by atoms with Gasteiger partial charge in [-0.25, -0.2) is 0 Å². The lowest BCUT2D eigenvalue weighted by Crippen LogP contribution is -2.65. The van der Waals surface area contributed by atoms with Gasteiger partial charge in [0, 0.05) is 29.6 Å². The number of nitrogens with one attached hydrogen (secondary N) is 1. The van der Waals surface area contributed by atoms with Gasteiger partial charge in [-0.15, -0.1) is 0 Å². The molecule has 6 aliphatic rings. The molecule has 1 N–H and O–H groups in total. The van der Waals surface area contributed by atoms with Crippen LogP contribution in [0.5, 0.6) is 0 Å². The molecular formula is C35H40BNO6.